The molecule has 0 bridgehead atoms. The van der Waals surface area contributed by atoms with Crippen molar-refractivity contribution < 1.29 is 9.53 Å². The molecule has 0 aliphatic carbocycles. The highest BCUT2D eigenvalue weighted by Crippen LogP contribution is 2.27. The quantitative estimate of drug-likeness (QED) is 0.406. The van der Waals surface area contributed by atoms with Crippen LogP contribution in [0.25, 0.3) is 11.1 Å². The molecule has 0 unspecified atom stereocenters. The average molecular weight is 442 g/mol. The number of piperidine rings is 1. The third-order valence-electron chi connectivity index (χ3n) is 6.50. The number of carbonyl (C=O) groups is 1. The van der Waals surface area contributed by atoms with Gasteiger partial charge in [0.15, 0.2) is 5.78 Å². The third kappa shape index (κ3) is 6.11. The van der Waals surface area contributed by atoms with Crippen LogP contribution in [0.3, 0.4) is 0 Å². The van der Waals surface area contributed by atoms with Crippen LogP contribution in [0.15, 0.2) is 72.8 Å². The van der Waals surface area contributed by atoms with Crippen LogP contribution in [0.5, 0.6) is 5.75 Å². The molecule has 33 heavy (non-hydrogen) atoms. The molecule has 0 radical (unpaired) electrons. The molecule has 3 nitrogen and oxygen atoms in total. The first-order chi connectivity index (χ1) is 15.8. The monoisotopic (exact) mass is 441 g/mol. The average Bonchev–Trinajstić information content (AvgIpc) is 2.80. The molecule has 1 fully saturated rings. The van der Waals surface area contributed by atoms with Crippen molar-refractivity contribution in [2.24, 2.45) is 0 Å². The van der Waals surface area contributed by atoms with Crippen molar-refractivity contribution in [1.82, 2.24) is 4.90 Å². The lowest BCUT2D eigenvalue weighted by Crippen LogP contribution is -2.35. The minimum atomic E-state index is 0.0848. The Labute approximate surface area is 198 Å². The largest absolute Gasteiger partial charge is 0.490 e. The van der Waals surface area contributed by atoms with E-state index in [9.17, 15) is 4.79 Å². The van der Waals surface area contributed by atoms with Crippen molar-refractivity contribution in [3.63, 3.8) is 0 Å². The fourth-order valence-corrected chi connectivity index (χ4v) is 4.35. The van der Waals surface area contributed by atoms with Gasteiger partial charge in [0.25, 0.3) is 0 Å². The van der Waals surface area contributed by atoms with Crippen molar-refractivity contribution in [3.8, 4) is 16.9 Å². The Hall–Kier alpha value is -2.91. The summed E-state index contributed by atoms with van der Waals surface area (Å²) in [6, 6.07) is 24.6. The van der Waals surface area contributed by atoms with E-state index in [1.807, 2.05) is 36.4 Å². The van der Waals surface area contributed by atoms with Crippen molar-refractivity contribution in [3.05, 3.63) is 89.5 Å². The molecule has 1 aliphatic rings. The maximum absolute atomic E-state index is 12.9. The fraction of sp³-hybridized carbons (Fsp3) is 0.367. The molecule has 3 aromatic carbocycles. The maximum atomic E-state index is 12.9. The lowest BCUT2D eigenvalue weighted by Gasteiger charge is -2.29. The van der Waals surface area contributed by atoms with Gasteiger partial charge in [-0.25, -0.2) is 0 Å². The van der Waals surface area contributed by atoms with Crippen molar-refractivity contribution in [2.45, 2.75) is 51.6 Å². The Morgan fingerprint density at radius 2 is 1.55 bits per heavy atom. The lowest BCUT2D eigenvalue weighted by atomic mass is 9.86. The number of Topliss-reactive ketones (excluding diaryl/α,β-unsaturated/α-hetero) is 1. The third-order valence-corrected chi connectivity index (χ3v) is 6.50. The molecular formula is C30H35NO2. The van der Waals surface area contributed by atoms with E-state index in [4.69, 9.17) is 4.74 Å². The van der Waals surface area contributed by atoms with E-state index < -0.39 is 0 Å². The highest BCUT2D eigenvalue weighted by atomic mass is 16.5. The lowest BCUT2D eigenvalue weighted by molar-refractivity contribution is 0.0993. The normalized spacial score (nSPS) is 15.4. The first-order valence-corrected chi connectivity index (χ1v) is 12.0. The molecular weight excluding hydrogens is 406 g/mol. The standard InChI is InChI=1S/C30H35NO2/c1-30(2,3)26-13-11-23(12-14-26)29(32)20-22-7-5-8-24(19-22)25-9-6-10-28(21-25)33-27-15-17-31(4)18-16-27/h5-14,19,21,27H,15-18,20H2,1-4H3. The van der Waals surface area contributed by atoms with Crippen LogP contribution in [0.2, 0.25) is 0 Å². The van der Waals surface area contributed by atoms with Crippen LogP contribution in [0, 0.1) is 0 Å². The van der Waals surface area contributed by atoms with E-state index in [-0.39, 0.29) is 17.3 Å². The minimum absolute atomic E-state index is 0.0848. The number of ether oxygens (including phenoxy) is 1. The summed E-state index contributed by atoms with van der Waals surface area (Å²) in [5, 5.41) is 0. The zero-order valence-electron chi connectivity index (χ0n) is 20.3. The number of benzene rings is 3. The van der Waals surface area contributed by atoms with Gasteiger partial charge in [0, 0.05) is 25.1 Å². The van der Waals surface area contributed by atoms with E-state index in [1.165, 1.54) is 5.56 Å². The topological polar surface area (TPSA) is 29.5 Å². The van der Waals surface area contributed by atoms with Gasteiger partial charge in [0.05, 0.1) is 0 Å². The summed E-state index contributed by atoms with van der Waals surface area (Å²) in [7, 11) is 2.16. The summed E-state index contributed by atoms with van der Waals surface area (Å²) < 4.78 is 6.27. The molecule has 0 atom stereocenters. The van der Waals surface area contributed by atoms with Crippen LogP contribution in [-0.2, 0) is 11.8 Å². The minimum Gasteiger partial charge on any atom is -0.490 e. The highest BCUT2D eigenvalue weighted by Gasteiger charge is 2.18. The Kier molecular flexibility index (Phi) is 6.99. The van der Waals surface area contributed by atoms with Gasteiger partial charge >= 0.3 is 0 Å². The van der Waals surface area contributed by atoms with Gasteiger partial charge < -0.3 is 9.64 Å². The number of carbonyl (C=O) groups excluding carboxylic acids is 1. The Morgan fingerprint density at radius 3 is 2.21 bits per heavy atom. The van der Waals surface area contributed by atoms with E-state index in [1.54, 1.807) is 0 Å². The van der Waals surface area contributed by atoms with Crippen molar-refractivity contribution in [1.29, 1.82) is 0 Å². The molecule has 0 amide bonds. The van der Waals surface area contributed by atoms with Gasteiger partial charge in [-0.3, -0.25) is 4.79 Å². The number of ketones is 1. The fourth-order valence-electron chi connectivity index (χ4n) is 4.35. The second-order valence-corrected chi connectivity index (χ2v) is 10.3. The zero-order valence-corrected chi connectivity index (χ0v) is 20.3. The smallest absolute Gasteiger partial charge is 0.167 e. The molecule has 0 spiro atoms. The van der Waals surface area contributed by atoms with Crippen LogP contribution in [-0.4, -0.2) is 36.9 Å². The second-order valence-electron chi connectivity index (χ2n) is 10.3. The van der Waals surface area contributed by atoms with Gasteiger partial charge in [0.2, 0.25) is 0 Å². The first kappa shape index (κ1) is 23.3. The Morgan fingerprint density at radius 1 is 0.909 bits per heavy atom. The number of hydrogen-bond donors (Lipinski definition) is 0. The molecule has 0 aromatic heterocycles. The van der Waals surface area contributed by atoms with Gasteiger partial charge in [-0.15, -0.1) is 0 Å². The summed E-state index contributed by atoms with van der Waals surface area (Å²) in [6.45, 7) is 8.72. The molecule has 3 heteroatoms. The summed E-state index contributed by atoms with van der Waals surface area (Å²) in [5.74, 6) is 1.06. The number of hydrogen-bond acceptors (Lipinski definition) is 3. The molecule has 0 N–H and O–H groups in total. The summed E-state index contributed by atoms with van der Waals surface area (Å²) in [4.78, 5) is 15.2. The number of nitrogens with zero attached hydrogens (tertiary/aromatic N) is 1. The zero-order chi connectivity index (χ0) is 23.4. The molecule has 1 saturated heterocycles. The number of rotatable bonds is 6. The molecule has 1 heterocycles. The van der Waals surface area contributed by atoms with Crippen LogP contribution < -0.4 is 4.74 Å². The summed E-state index contributed by atoms with van der Waals surface area (Å²) in [5.41, 5.74) is 5.34. The van der Waals surface area contributed by atoms with E-state index in [0.29, 0.717) is 6.42 Å². The van der Waals surface area contributed by atoms with Crippen molar-refractivity contribution >= 4 is 5.78 Å². The molecule has 3 aromatic rings. The summed E-state index contributed by atoms with van der Waals surface area (Å²) >= 11 is 0. The van der Waals surface area contributed by atoms with E-state index >= 15 is 0 Å². The van der Waals surface area contributed by atoms with Gasteiger partial charge in [-0.05, 0) is 59.7 Å². The molecule has 1 aliphatic heterocycles. The predicted octanol–water partition coefficient (Wildman–Crippen LogP) is 6.55. The number of likely N-dealkylation sites (tertiary alicyclic amines) is 1. The van der Waals surface area contributed by atoms with Crippen LogP contribution in [0.1, 0.15) is 55.1 Å². The predicted molar refractivity (Wildman–Crippen MR) is 136 cm³/mol. The summed E-state index contributed by atoms with van der Waals surface area (Å²) in [6.07, 6.45) is 2.81. The SMILES string of the molecule is CN1CCC(Oc2cccc(-c3cccc(CC(=O)c4ccc(C(C)(C)C)cc4)c3)c2)CC1. The van der Waals surface area contributed by atoms with Crippen LogP contribution >= 0.6 is 0 Å². The van der Waals surface area contributed by atoms with E-state index in [2.05, 4.69) is 69.1 Å². The van der Waals surface area contributed by atoms with Crippen molar-refractivity contribution in [2.75, 3.05) is 20.1 Å². The Balaban J connectivity index is 1.45. The molecule has 4 rings (SSSR count). The van der Waals surface area contributed by atoms with Gasteiger partial charge in [-0.2, -0.15) is 0 Å². The molecule has 0 saturated carbocycles. The van der Waals surface area contributed by atoms with Gasteiger partial charge in [0.1, 0.15) is 11.9 Å². The van der Waals surface area contributed by atoms with Crippen LogP contribution in [0.4, 0.5) is 0 Å². The molecule has 172 valence electrons. The van der Waals surface area contributed by atoms with E-state index in [0.717, 1.165) is 53.9 Å². The second kappa shape index (κ2) is 9.93. The Bertz CT molecular complexity index is 1090. The highest BCUT2D eigenvalue weighted by molar-refractivity contribution is 5.97. The first-order valence-electron chi connectivity index (χ1n) is 12.0. The van der Waals surface area contributed by atoms with Gasteiger partial charge in [-0.1, -0.05) is 81.4 Å². The maximum Gasteiger partial charge on any atom is 0.167 e.